The summed E-state index contributed by atoms with van der Waals surface area (Å²) < 4.78 is 0. The molecular weight excluding hydrogens is 358 g/mol. The number of hydrogen-bond acceptors (Lipinski definition) is 2. The van der Waals surface area contributed by atoms with Crippen molar-refractivity contribution >= 4 is 23.5 Å². The van der Waals surface area contributed by atoms with E-state index >= 15 is 0 Å². The van der Waals surface area contributed by atoms with Crippen molar-refractivity contribution in [1.82, 2.24) is 4.90 Å². The lowest BCUT2D eigenvalue weighted by Gasteiger charge is -2.13. The third-order valence-corrected chi connectivity index (χ3v) is 5.29. The van der Waals surface area contributed by atoms with Crippen molar-refractivity contribution in [3.05, 3.63) is 107 Å². The number of allylic oxidation sites excluding steroid dienone is 1. The number of nitrogens with zero attached hydrogens (tertiary/aromatic N) is 1. The van der Waals surface area contributed by atoms with Crippen LogP contribution in [0.25, 0.3) is 11.6 Å². The van der Waals surface area contributed by atoms with Crippen molar-refractivity contribution in [3.8, 4) is 0 Å². The van der Waals surface area contributed by atoms with Gasteiger partial charge in [0.05, 0.1) is 11.1 Å². The fraction of sp³-hybridized carbons (Fsp3) is 0.154. The second kappa shape index (κ2) is 8.27. The Hall–Kier alpha value is -3.46. The molecule has 0 N–H and O–H groups in total. The first-order valence-corrected chi connectivity index (χ1v) is 9.91. The maximum absolute atomic E-state index is 12.5. The zero-order valence-electron chi connectivity index (χ0n) is 16.5. The number of carbonyl (C=O) groups excluding carboxylic acids is 2. The molecule has 3 heteroatoms. The molecule has 3 aromatic rings. The van der Waals surface area contributed by atoms with E-state index in [0.29, 0.717) is 17.7 Å². The van der Waals surface area contributed by atoms with Crippen LogP contribution in [-0.4, -0.2) is 23.3 Å². The first kappa shape index (κ1) is 18.9. The predicted octanol–water partition coefficient (Wildman–Crippen LogP) is 5.48. The van der Waals surface area contributed by atoms with Gasteiger partial charge in [-0.1, -0.05) is 72.8 Å². The van der Waals surface area contributed by atoms with E-state index in [0.717, 1.165) is 18.4 Å². The van der Waals surface area contributed by atoms with E-state index < -0.39 is 0 Å². The van der Waals surface area contributed by atoms with Gasteiger partial charge in [0.2, 0.25) is 0 Å². The van der Waals surface area contributed by atoms with E-state index in [-0.39, 0.29) is 11.8 Å². The molecule has 0 atom stereocenters. The molecule has 29 heavy (non-hydrogen) atoms. The van der Waals surface area contributed by atoms with Crippen molar-refractivity contribution in [2.45, 2.75) is 19.8 Å². The number of benzene rings is 3. The van der Waals surface area contributed by atoms with Gasteiger partial charge in [-0.15, -0.1) is 0 Å². The first-order valence-electron chi connectivity index (χ1n) is 9.91. The fourth-order valence-electron chi connectivity index (χ4n) is 3.76. The van der Waals surface area contributed by atoms with Crippen LogP contribution in [0.1, 0.15) is 50.8 Å². The lowest BCUT2D eigenvalue weighted by Crippen LogP contribution is -2.30. The molecule has 0 aromatic heterocycles. The van der Waals surface area contributed by atoms with Crippen LogP contribution in [0, 0.1) is 0 Å². The van der Waals surface area contributed by atoms with Crippen molar-refractivity contribution in [2.75, 3.05) is 6.54 Å². The summed E-state index contributed by atoms with van der Waals surface area (Å²) >= 11 is 0. The van der Waals surface area contributed by atoms with E-state index in [1.165, 1.54) is 21.6 Å². The molecule has 2 amide bonds. The van der Waals surface area contributed by atoms with Gasteiger partial charge in [-0.25, -0.2) is 0 Å². The summed E-state index contributed by atoms with van der Waals surface area (Å²) in [6, 6.07) is 25.8. The average molecular weight is 381 g/mol. The molecule has 0 saturated heterocycles. The second-order valence-electron chi connectivity index (χ2n) is 7.35. The Labute approximate surface area is 171 Å². The number of carbonyl (C=O) groups is 2. The van der Waals surface area contributed by atoms with Crippen LogP contribution in [0.3, 0.4) is 0 Å². The van der Waals surface area contributed by atoms with Crippen molar-refractivity contribution < 1.29 is 9.59 Å². The lowest BCUT2D eigenvalue weighted by atomic mass is 10.0. The minimum absolute atomic E-state index is 0.180. The lowest BCUT2D eigenvalue weighted by molar-refractivity contribution is 0.0652. The zero-order chi connectivity index (χ0) is 20.2. The Bertz CT molecular complexity index is 1050. The van der Waals surface area contributed by atoms with E-state index in [1.54, 1.807) is 24.3 Å². The molecule has 3 nitrogen and oxygen atoms in total. The van der Waals surface area contributed by atoms with Crippen LogP contribution in [0.4, 0.5) is 0 Å². The first-order chi connectivity index (χ1) is 14.1. The Morgan fingerprint density at radius 2 is 1.48 bits per heavy atom. The molecule has 0 fully saturated rings. The molecule has 1 aliphatic rings. The summed E-state index contributed by atoms with van der Waals surface area (Å²) in [5, 5.41) is 0. The highest BCUT2D eigenvalue weighted by molar-refractivity contribution is 6.21. The van der Waals surface area contributed by atoms with Crippen molar-refractivity contribution in [1.29, 1.82) is 0 Å². The summed E-state index contributed by atoms with van der Waals surface area (Å²) in [7, 11) is 0. The fourth-order valence-corrected chi connectivity index (χ4v) is 3.76. The van der Waals surface area contributed by atoms with Gasteiger partial charge < -0.3 is 0 Å². The normalized spacial score (nSPS) is 13.7. The largest absolute Gasteiger partial charge is 0.274 e. The Kier molecular flexibility index (Phi) is 5.39. The second-order valence-corrected chi connectivity index (χ2v) is 7.35. The third kappa shape index (κ3) is 4.04. The monoisotopic (exact) mass is 381 g/mol. The molecule has 1 heterocycles. The van der Waals surface area contributed by atoms with Crippen LogP contribution in [0.15, 0.2) is 78.9 Å². The maximum Gasteiger partial charge on any atom is 0.261 e. The van der Waals surface area contributed by atoms with Crippen LogP contribution >= 0.6 is 0 Å². The number of rotatable bonds is 6. The van der Waals surface area contributed by atoms with Gasteiger partial charge in [0.15, 0.2) is 0 Å². The smallest absolute Gasteiger partial charge is 0.261 e. The molecule has 0 radical (unpaired) electrons. The number of aryl methyl sites for hydroxylation is 1. The highest BCUT2D eigenvalue weighted by atomic mass is 16.2. The standard InChI is InChI=1S/C26H23NO2/c1-19(22-12-3-2-4-13-22)17-21-10-7-9-20(18-21)11-8-16-27-25(28)23-14-5-6-15-24(23)26(27)29/h2-7,9-10,12-15,17-18H,8,11,16H2,1H3. The van der Waals surface area contributed by atoms with Gasteiger partial charge in [-0.2, -0.15) is 0 Å². The summed E-state index contributed by atoms with van der Waals surface area (Å²) in [5.74, 6) is -0.360. The zero-order valence-corrected chi connectivity index (χ0v) is 16.5. The predicted molar refractivity (Wildman–Crippen MR) is 117 cm³/mol. The third-order valence-electron chi connectivity index (χ3n) is 5.29. The van der Waals surface area contributed by atoms with Gasteiger partial charge in [-0.05, 0) is 54.2 Å². The quantitative estimate of drug-likeness (QED) is 0.419. The van der Waals surface area contributed by atoms with Gasteiger partial charge in [0, 0.05) is 6.54 Å². The summed E-state index contributed by atoms with van der Waals surface area (Å²) in [4.78, 5) is 26.3. The topological polar surface area (TPSA) is 37.4 Å². The van der Waals surface area contributed by atoms with Crippen LogP contribution in [-0.2, 0) is 6.42 Å². The minimum Gasteiger partial charge on any atom is -0.274 e. The molecule has 4 rings (SSSR count). The highest BCUT2D eigenvalue weighted by Gasteiger charge is 2.34. The SMILES string of the molecule is CC(=Cc1cccc(CCCN2C(=O)c3ccccc3C2=O)c1)c1ccccc1. The van der Waals surface area contributed by atoms with E-state index in [4.69, 9.17) is 0 Å². The van der Waals surface area contributed by atoms with Crippen LogP contribution < -0.4 is 0 Å². The van der Waals surface area contributed by atoms with Crippen LogP contribution in [0.5, 0.6) is 0 Å². The molecule has 3 aromatic carbocycles. The minimum atomic E-state index is -0.180. The van der Waals surface area contributed by atoms with Crippen molar-refractivity contribution in [3.63, 3.8) is 0 Å². The number of fused-ring (bicyclic) bond motifs is 1. The van der Waals surface area contributed by atoms with Crippen molar-refractivity contribution in [2.24, 2.45) is 0 Å². The Morgan fingerprint density at radius 1 is 0.828 bits per heavy atom. The highest BCUT2D eigenvalue weighted by Crippen LogP contribution is 2.23. The molecule has 1 aliphatic heterocycles. The molecule has 0 bridgehead atoms. The molecule has 0 saturated carbocycles. The van der Waals surface area contributed by atoms with E-state index in [1.807, 2.05) is 18.2 Å². The van der Waals surface area contributed by atoms with Gasteiger partial charge in [-0.3, -0.25) is 14.5 Å². The number of imide groups is 1. The molecule has 0 aliphatic carbocycles. The number of hydrogen-bond donors (Lipinski definition) is 0. The van der Waals surface area contributed by atoms with Crippen LogP contribution in [0.2, 0.25) is 0 Å². The summed E-state index contributed by atoms with van der Waals surface area (Å²) in [6.07, 6.45) is 3.75. The van der Waals surface area contributed by atoms with Gasteiger partial charge >= 0.3 is 0 Å². The van der Waals surface area contributed by atoms with Gasteiger partial charge in [0.25, 0.3) is 11.8 Å². The maximum atomic E-state index is 12.5. The summed E-state index contributed by atoms with van der Waals surface area (Å²) in [5.41, 5.74) is 5.82. The molecule has 144 valence electrons. The van der Waals surface area contributed by atoms with E-state index in [9.17, 15) is 9.59 Å². The summed E-state index contributed by atoms with van der Waals surface area (Å²) in [6.45, 7) is 2.56. The Balaban J connectivity index is 1.40. The van der Waals surface area contributed by atoms with E-state index in [2.05, 4.69) is 49.4 Å². The molecule has 0 spiro atoms. The Morgan fingerprint density at radius 3 is 2.17 bits per heavy atom. The molecule has 0 unspecified atom stereocenters. The van der Waals surface area contributed by atoms with Gasteiger partial charge in [0.1, 0.15) is 0 Å². The number of amides is 2. The molecular formula is C26H23NO2. The average Bonchev–Trinajstić information content (AvgIpc) is 3.00.